The fraction of sp³-hybridized carbons (Fsp3) is 0.267. The molecule has 0 aliphatic carbocycles. The first-order valence-corrected chi connectivity index (χ1v) is 5.54. The van der Waals surface area contributed by atoms with Gasteiger partial charge in [-0.2, -0.15) is 0 Å². The van der Waals surface area contributed by atoms with Crippen LogP contribution in [0.3, 0.4) is 0 Å². The molecule has 0 unspecified atom stereocenters. The highest BCUT2D eigenvalue weighted by molar-refractivity contribution is 5.87. The van der Waals surface area contributed by atoms with Crippen LogP contribution in [0.25, 0.3) is 10.9 Å². The van der Waals surface area contributed by atoms with Gasteiger partial charge in [0.15, 0.2) is 0 Å². The van der Waals surface area contributed by atoms with Gasteiger partial charge in [-0.05, 0) is 30.5 Å². The van der Waals surface area contributed by atoms with E-state index < -0.39 is 0 Å². The minimum atomic E-state index is 0.487. The maximum absolute atomic E-state index is 4.48. The third-order valence-corrected chi connectivity index (χ3v) is 2.68. The van der Waals surface area contributed by atoms with Gasteiger partial charge in [-0.3, -0.25) is 4.98 Å². The molecule has 0 aliphatic rings. The van der Waals surface area contributed by atoms with E-state index >= 15 is 0 Å². The third-order valence-electron chi connectivity index (χ3n) is 2.68. The smallest absolute Gasteiger partial charge is 0.0749 e. The van der Waals surface area contributed by atoms with Crippen LogP contribution in [-0.2, 0) is 0 Å². The van der Waals surface area contributed by atoms with Crippen LogP contribution in [0, 0.1) is 11.8 Å². The minimum absolute atomic E-state index is 0.487. The molecule has 2 rings (SSSR count). The summed E-state index contributed by atoms with van der Waals surface area (Å²) >= 11 is 0. The predicted molar refractivity (Wildman–Crippen MR) is 68.4 cm³/mol. The Morgan fingerprint density at radius 3 is 2.69 bits per heavy atom. The molecule has 0 fully saturated rings. The second-order valence-corrected chi connectivity index (χ2v) is 4.13. The van der Waals surface area contributed by atoms with E-state index in [2.05, 4.69) is 48.9 Å². The number of nitrogens with zero attached hydrogens (tertiary/aromatic N) is 1. The molecule has 1 nitrogen and oxygen atoms in total. The van der Waals surface area contributed by atoms with Crippen molar-refractivity contribution in [2.24, 2.45) is 0 Å². The molecule has 80 valence electrons. The van der Waals surface area contributed by atoms with Crippen molar-refractivity contribution in [3.8, 4) is 11.8 Å². The Bertz CT molecular complexity index is 571. The zero-order chi connectivity index (χ0) is 11.5. The molecule has 1 heterocycles. The van der Waals surface area contributed by atoms with Crippen molar-refractivity contribution in [3.63, 3.8) is 0 Å². The summed E-state index contributed by atoms with van der Waals surface area (Å²) in [5.41, 5.74) is 3.44. The van der Waals surface area contributed by atoms with Gasteiger partial charge >= 0.3 is 0 Å². The predicted octanol–water partition coefficient (Wildman–Crippen LogP) is 3.73. The van der Waals surface area contributed by atoms with E-state index in [4.69, 9.17) is 0 Å². The number of hydrogen-bond acceptors (Lipinski definition) is 1. The zero-order valence-electron chi connectivity index (χ0n) is 9.91. The molecule has 0 radical (unpaired) electrons. The summed E-state index contributed by atoms with van der Waals surface area (Å²) < 4.78 is 0. The van der Waals surface area contributed by atoms with E-state index in [1.54, 1.807) is 0 Å². The molecule has 0 spiro atoms. The summed E-state index contributed by atoms with van der Waals surface area (Å²) in [4.78, 5) is 4.48. The van der Waals surface area contributed by atoms with Crippen LogP contribution in [0.1, 0.15) is 37.8 Å². The van der Waals surface area contributed by atoms with Crippen molar-refractivity contribution in [1.82, 2.24) is 4.98 Å². The van der Waals surface area contributed by atoms with Crippen molar-refractivity contribution >= 4 is 10.9 Å². The highest BCUT2D eigenvalue weighted by atomic mass is 14.7. The molecular weight excluding hydrogens is 194 g/mol. The Hall–Kier alpha value is -1.81. The molecule has 2 aromatic rings. The Morgan fingerprint density at radius 2 is 2.00 bits per heavy atom. The van der Waals surface area contributed by atoms with Crippen LogP contribution in [0.15, 0.2) is 30.5 Å². The average molecular weight is 209 g/mol. The minimum Gasteiger partial charge on any atom is -0.256 e. The second-order valence-electron chi connectivity index (χ2n) is 4.13. The van der Waals surface area contributed by atoms with Crippen LogP contribution in [-0.4, -0.2) is 4.98 Å². The maximum Gasteiger partial charge on any atom is 0.0749 e. The van der Waals surface area contributed by atoms with E-state index in [0.717, 1.165) is 16.5 Å². The van der Waals surface area contributed by atoms with E-state index in [-0.39, 0.29) is 0 Å². The quantitative estimate of drug-likeness (QED) is 0.652. The Kier molecular flexibility index (Phi) is 2.92. The number of benzene rings is 1. The summed E-state index contributed by atoms with van der Waals surface area (Å²) in [5, 5.41) is 1.16. The number of fused-ring (bicyclic) bond motifs is 1. The van der Waals surface area contributed by atoms with Crippen molar-refractivity contribution in [2.45, 2.75) is 26.7 Å². The van der Waals surface area contributed by atoms with Crippen molar-refractivity contribution < 1.29 is 0 Å². The summed E-state index contributed by atoms with van der Waals surface area (Å²) in [6.07, 6.45) is 1.84. The molecule has 0 amide bonds. The van der Waals surface area contributed by atoms with Gasteiger partial charge < -0.3 is 0 Å². The third kappa shape index (κ3) is 1.79. The number of hydrogen-bond donors (Lipinski definition) is 0. The molecule has 1 aromatic heterocycles. The first-order chi connectivity index (χ1) is 7.74. The largest absolute Gasteiger partial charge is 0.256 e. The van der Waals surface area contributed by atoms with Gasteiger partial charge in [-0.1, -0.05) is 31.9 Å². The van der Waals surface area contributed by atoms with Gasteiger partial charge in [-0.15, -0.1) is 5.92 Å². The lowest BCUT2D eigenvalue weighted by atomic mass is 9.97. The number of aromatic nitrogens is 1. The molecule has 0 saturated heterocycles. The SMILES string of the molecule is CC#Cc1ccc(C(C)C)c2ncccc12. The van der Waals surface area contributed by atoms with Crippen LogP contribution in [0.2, 0.25) is 0 Å². The lowest BCUT2D eigenvalue weighted by molar-refractivity contribution is 0.872. The second kappa shape index (κ2) is 4.37. The number of rotatable bonds is 1. The van der Waals surface area contributed by atoms with Crippen molar-refractivity contribution in [2.75, 3.05) is 0 Å². The Balaban J connectivity index is 2.80. The van der Waals surface area contributed by atoms with E-state index in [1.165, 1.54) is 5.56 Å². The lowest BCUT2D eigenvalue weighted by Gasteiger charge is -2.10. The molecular formula is C15H15N. The summed E-state index contributed by atoms with van der Waals surface area (Å²) in [5.74, 6) is 6.56. The molecule has 0 saturated carbocycles. The zero-order valence-corrected chi connectivity index (χ0v) is 9.91. The molecule has 0 bridgehead atoms. The fourth-order valence-electron chi connectivity index (χ4n) is 1.90. The van der Waals surface area contributed by atoms with Gasteiger partial charge in [0.1, 0.15) is 0 Å². The standard InChI is InChI=1S/C15H15N/c1-4-6-12-8-9-13(11(2)3)15-14(12)7-5-10-16-15/h5,7-11H,1-3H3. The van der Waals surface area contributed by atoms with Gasteiger partial charge in [-0.25, -0.2) is 0 Å². The molecule has 1 heteroatoms. The van der Waals surface area contributed by atoms with Crippen molar-refractivity contribution in [3.05, 3.63) is 41.6 Å². The summed E-state index contributed by atoms with van der Waals surface area (Å²) in [6, 6.07) is 8.29. The topological polar surface area (TPSA) is 12.9 Å². The van der Waals surface area contributed by atoms with Crippen LogP contribution in [0.5, 0.6) is 0 Å². The van der Waals surface area contributed by atoms with Gasteiger partial charge in [0.25, 0.3) is 0 Å². The maximum atomic E-state index is 4.48. The average Bonchev–Trinajstić information content (AvgIpc) is 2.29. The highest BCUT2D eigenvalue weighted by Crippen LogP contribution is 2.25. The van der Waals surface area contributed by atoms with E-state index in [9.17, 15) is 0 Å². The molecule has 16 heavy (non-hydrogen) atoms. The van der Waals surface area contributed by atoms with E-state index in [0.29, 0.717) is 5.92 Å². The molecule has 0 atom stereocenters. The van der Waals surface area contributed by atoms with Gasteiger partial charge in [0, 0.05) is 17.1 Å². The molecule has 0 aliphatic heterocycles. The monoisotopic (exact) mass is 209 g/mol. The Morgan fingerprint density at radius 1 is 1.19 bits per heavy atom. The summed E-state index contributed by atoms with van der Waals surface area (Å²) in [6.45, 7) is 6.24. The summed E-state index contributed by atoms with van der Waals surface area (Å²) in [7, 11) is 0. The van der Waals surface area contributed by atoms with Crippen LogP contribution < -0.4 is 0 Å². The van der Waals surface area contributed by atoms with Gasteiger partial charge in [0.05, 0.1) is 5.52 Å². The highest BCUT2D eigenvalue weighted by Gasteiger charge is 2.08. The molecule has 0 N–H and O–H groups in total. The number of pyridine rings is 1. The van der Waals surface area contributed by atoms with Gasteiger partial charge in [0.2, 0.25) is 0 Å². The normalized spacial score (nSPS) is 10.2. The van der Waals surface area contributed by atoms with Crippen LogP contribution in [0.4, 0.5) is 0 Å². The Labute approximate surface area is 96.5 Å². The lowest BCUT2D eigenvalue weighted by Crippen LogP contribution is -1.93. The fourth-order valence-corrected chi connectivity index (χ4v) is 1.90. The first-order valence-electron chi connectivity index (χ1n) is 5.54. The van der Waals surface area contributed by atoms with E-state index in [1.807, 2.05) is 19.2 Å². The first kappa shape index (κ1) is 10.7. The molecule has 1 aromatic carbocycles. The van der Waals surface area contributed by atoms with Crippen molar-refractivity contribution in [1.29, 1.82) is 0 Å². The van der Waals surface area contributed by atoms with Crippen LogP contribution >= 0.6 is 0 Å².